The Morgan fingerprint density at radius 2 is 1.69 bits per heavy atom. The second-order valence-electron chi connectivity index (χ2n) is 12.3. The molecule has 0 bridgehead atoms. The van der Waals surface area contributed by atoms with Gasteiger partial charge in [0.25, 0.3) is 0 Å². The van der Waals surface area contributed by atoms with Gasteiger partial charge in [-0.2, -0.15) is 0 Å². The van der Waals surface area contributed by atoms with Gasteiger partial charge in [-0.25, -0.2) is 0 Å². The summed E-state index contributed by atoms with van der Waals surface area (Å²) < 4.78 is 11.0. The molecule has 0 aliphatic heterocycles. The number of hydrogen-bond donors (Lipinski definition) is 0. The summed E-state index contributed by atoms with van der Waals surface area (Å²) in [5, 5.41) is 0. The molecule has 7 heteroatoms. The Hall–Kier alpha value is -2.31. The van der Waals surface area contributed by atoms with E-state index >= 15 is 0 Å². The third-order valence-corrected chi connectivity index (χ3v) is 10.9. The predicted molar refractivity (Wildman–Crippen MR) is 127 cm³/mol. The van der Waals surface area contributed by atoms with E-state index in [0.29, 0.717) is 31.3 Å². The molecule has 7 nitrogen and oxygen atoms in total. The summed E-state index contributed by atoms with van der Waals surface area (Å²) in [6.07, 6.45) is 4.71. The summed E-state index contributed by atoms with van der Waals surface area (Å²) in [4.78, 5) is 66.4. The number of carbonyl (C=O) groups excluding carboxylic acids is 5. The van der Waals surface area contributed by atoms with Crippen LogP contribution in [0.15, 0.2) is 11.6 Å². The molecule has 0 aromatic heterocycles. The van der Waals surface area contributed by atoms with Gasteiger partial charge in [0.05, 0.1) is 18.4 Å². The molecule has 0 heterocycles. The Morgan fingerprint density at radius 3 is 2.23 bits per heavy atom. The van der Waals surface area contributed by atoms with E-state index in [4.69, 9.17) is 9.47 Å². The summed E-state index contributed by atoms with van der Waals surface area (Å²) in [5.74, 6) is -3.20. The normalized spacial score (nSPS) is 46.0. The van der Waals surface area contributed by atoms with Crippen molar-refractivity contribution in [2.24, 2.45) is 44.8 Å². The Bertz CT molecular complexity index is 1060. The number of allylic oxidation sites excluding steroid dienone is 2. The van der Waals surface area contributed by atoms with Crippen molar-refractivity contribution < 1.29 is 33.4 Å². The molecule has 0 amide bonds. The second-order valence-corrected chi connectivity index (χ2v) is 12.3. The minimum absolute atomic E-state index is 0.128. The number of esters is 2. The van der Waals surface area contributed by atoms with Crippen LogP contribution in [0, 0.1) is 44.8 Å². The van der Waals surface area contributed by atoms with E-state index < -0.39 is 50.7 Å². The van der Waals surface area contributed by atoms with Crippen molar-refractivity contribution in [2.45, 2.75) is 80.3 Å². The van der Waals surface area contributed by atoms with Crippen LogP contribution in [0.2, 0.25) is 0 Å². The van der Waals surface area contributed by atoms with E-state index in [0.717, 1.165) is 6.29 Å². The SMILES string of the molecule is COC(=O)[C@@]12C(=O)C(C)C(=O)[C@]1(C)C(C)=C[C@H]1C3(C=O)CC[C@H](OC(C)=O)C(C)(C)[C@H]3CC[C@@]12C. The summed E-state index contributed by atoms with van der Waals surface area (Å²) in [5.41, 5.74) is -4.74. The first-order valence-corrected chi connectivity index (χ1v) is 12.6. The van der Waals surface area contributed by atoms with Gasteiger partial charge < -0.3 is 14.3 Å². The monoisotopic (exact) mass is 486 g/mol. The van der Waals surface area contributed by atoms with Crippen LogP contribution in [0.25, 0.3) is 0 Å². The third-order valence-electron chi connectivity index (χ3n) is 10.9. The predicted octanol–water partition coefficient (Wildman–Crippen LogP) is 3.87. The summed E-state index contributed by atoms with van der Waals surface area (Å²) in [6, 6.07) is 0. The molecule has 35 heavy (non-hydrogen) atoms. The van der Waals surface area contributed by atoms with Crippen LogP contribution in [-0.4, -0.2) is 43.0 Å². The first-order valence-electron chi connectivity index (χ1n) is 12.6. The minimum atomic E-state index is -1.70. The lowest BCUT2D eigenvalue weighted by Gasteiger charge is -2.67. The molecule has 8 atom stereocenters. The van der Waals surface area contributed by atoms with Crippen molar-refractivity contribution in [1.29, 1.82) is 0 Å². The number of ether oxygens (including phenoxy) is 2. The highest BCUT2D eigenvalue weighted by atomic mass is 16.5. The number of methoxy groups -OCH3 is 1. The average Bonchev–Trinajstić information content (AvgIpc) is 2.95. The van der Waals surface area contributed by atoms with Gasteiger partial charge >= 0.3 is 11.9 Å². The zero-order valence-electron chi connectivity index (χ0n) is 22.2. The van der Waals surface area contributed by atoms with E-state index in [9.17, 15) is 24.0 Å². The molecule has 3 saturated carbocycles. The highest BCUT2D eigenvalue weighted by Crippen LogP contribution is 2.76. The third kappa shape index (κ3) is 2.65. The maximum absolute atomic E-state index is 14.0. The Labute approximate surface area is 207 Å². The largest absolute Gasteiger partial charge is 0.468 e. The van der Waals surface area contributed by atoms with Crippen LogP contribution in [-0.2, 0) is 33.4 Å². The van der Waals surface area contributed by atoms with Crippen molar-refractivity contribution in [1.82, 2.24) is 0 Å². The number of rotatable bonds is 3. The van der Waals surface area contributed by atoms with Gasteiger partial charge in [0.1, 0.15) is 17.8 Å². The lowest BCUT2D eigenvalue weighted by atomic mass is 9.34. The molecule has 0 aromatic carbocycles. The van der Waals surface area contributed by atoms with Gasteiger partial charge in [0.2, 0.25) is 0 Å². The van der Waals surface area contributed by atoms with E-state index in [2.05, 4.69) is 0 Å². The smallest absolute Gasteiger partial charge is 0.321 e. The van der Waals surface area contributed by atoms with E-state index in [1.807, 2.05) is 26.8 Å². The number of carbonyl (C=O) groups is 5. The molecule has 192 valence electrons. The first-order chi connectivity index (χ1) is 16.1. The molecule has 4 rings (SSSR count). The van der Waals surface area contributed by atoms with Crippen molar-refractivity contribution in [3.63, 3.8) is 0 Å². The zero-order chi connectivity index (χ0) is 26.4. The highest BCUT2D eigenvalue weighted by molar-refractivity contribution is 6.25. The molecule has 2 unspecified atom stereocenters. The molecule has 3 fully saturated rings. The Kier molecular flexibility index (Phi) is 5.59. The quantitative estimate of drug-likeness (QED) is 0.258. The van der Waals surface area contributed by atoms with Gasteiger partial charge in [0.15, 0.2) is 11.6 Å². The maximum Gasteiger partial charge on any atom is 0.321 e. The fourth-order valence-corrected chi connectivity index (χ4v) is 9.19. The molecule has 4 aliphatic rings. The molecular formula is C28H38O7. The summed E-state index contributed by atoms with van der Waals surface area (Å²) in [6.45, 7) is 12.5. The Balaban J connectivity index is 1.99. The average molecular weight is 487 g/mol. The van der Waals surface area contributed by atoms with Crippen LogP contribution < -0.4 is 0 Å². The fourth-order valence-electron chi connectivity index (χ4n) is 9.19. The topological polar surface area (TPSA) is 104 Å². The molecule has 0 radical (unpaired) electrons. The minimum Gasteiger partial charge on any atom is -0.468 e. The van der Waals surface area contributed by atoms with Crippen LogP contribution >= 0.6 is 0 Å². The standard InChI is InChI=1S/C28H38O7/c1-15-13-19-25(6,28(23(33)34-8)22(32)16(2)21(31)26(15,28)7)11-9-18-24(4,5)20(35-17(3)30)10-12-27(18,19)14-29/h13-14,16,18-20H,9-12H2,1-8H3/t16?,18-,19-,20+,25+,26+,27?,28-/m1/s1. The lowest BCUT2D eigenvalue weighted by molar-refractivity contribution is -0.217. The Morgan fingerprint density at radius 1 is 1.06 bits per heavy atom. The van der Waals surface area contributed by atoms with Gasteiger partial charge in [-0.1, -0.05) is 32.4 Å². The van der Waals surface area contributed by atoms with Crippen molar-refractivity contribution >= 4 is 29.8 Å². The molecule has 0 N–H and O–H groups in total. The fraction of sp³-hybridized carbons (Fsp3) is 0.750. The van der Waals surface area contributed by atoms with E-state index in [-0.39, 0.29) is 23.8 Å². The van der Waals surface area contributed by atoms with Crippen molar-refractivity contribution in [2.75, 3.05) is 7.11 Å². The summed E-state index contributed by atoms with van der Waals surface area (Å²) in [7, 11) is 1.26. The van der Waals surface area contributed by atoms with Gasteiger partial charge in [-0.3, -0.25) is 19.2 Å². The molecule has 4 aliphatic carbocycles. The van der Waals surface area contributed by atoms with Crippen LogP contribution in [0.1, 0.15) is 74.1 Å². The number of Topliss-reactive ketones (excluding diaryl/α,β-unsaturated/α-hetero) is 2. The highest BCUT2D eigenvalue weighted by Gasteiger charge is 2.82. The molecular weight excluding hydrogens is 448 g/mol. The van der Waals surface area contributed by atoms with Crippen LogP contribution in [0.4, 0.5) is 0 Å². The van der Waals surface area contributed by atoms with E-state index in [1.165, 1.54) is 14.0 Å². The van der Waals surface area contributed by atoms with Crippen LogP contribution in [0.5, 0.6) is 0 Å². The van der Waals surface area contributed by atoms with Crippen molar-refractivity contribution in [3.05, 3.63) is 11.6 Å². The zero-order valence-corrected chi connectivity index (χ0v) is 22.2. The van der Waals surface area contributed by atoms with Gasteiger partial charge in [0, 0.05) is 17.8 Å². The molecule has 0 saturated heterocycles. The molecule has 0 spiro atoms. The number of hydrogen-bond acceptors (Lipinski definition) is 7. The summed E-state index contributed by atoms with van der Waals surface area (Å²) >= 11 is 0. The lowest BCUT2D eigenvalue weighted by Crippen LogP contribution is -2.70. The molecule has 0 aromatic rings. The number of ketones is 2. The number of aldehydes is 1. The van der Waals surface area contributed by atoms with Gasteiger partial charge in [-0.05, 0) is 63.7 Å². The van der Waals surface area contributed by atoms with E-state index in [1.54, 1.807) is 20.8 Å². The number of fused-ring (bicyclic) bond motifs is 5. The second kappa shape index (κ2) is 7.59. The van der Waals surface area contributed by atoms with Crippen molar-refractivity contribution in [3.8, 4) is 0 Å². The first kappa shape index (κ1) is 25.8. The maximum atomic E-state index is 14.0. The van der Waals surface area contributed by atoms with Crippen LogP contribution in [0.3, 0.4) is 0 Å². The van der Waals surface area contributed by atoms with Gasteiger partial charge in [-0.15, -0.1) is 0 Å².